The normalized spacial score (nSPS) is 9.42. The van der Waals surface area contributed by atoms with Crippen molar-refractivity contribution in [3.05, 3.63) is 23.8 Å². The third kappa shape index (κ3) is 1.47. The molecule has 1 aromatic rings. The molecule has 0 spiro atoms. The number of hydrogen-bond acceptors (Lipinski definition) is 3. The van der Waals surface area contributed by atoms with Crippen molar-refractivity contribution in [1.29, 1.82) is 0 Å². The van der Waals surface area contributed by atoms with Gasteiger partial charge in [-0.25, -0.2) is 0 Å². The number of ether oxygens (including phenoxy) is 1. The third-order valence-corrected chi connectivity index (χ3v) is 1.45. The van der Waals surface area contributed by atoms with E-state index in [1.807, 2.05) is 0 Å². The van der Waals surface area contributed by atoms with E-state index in [1.54, 1.807) is 0 Å². The summed E-state index contributed by atoms with van der Waals surface area (Å²) in [6.45, 7) is 0. The number of rotatable bonds is 2. The molecule has 4 heteroatoms. The highest BCUT2D eigenvalue weighted by molar-refractivity contribution is 5.96. The lowest BCUT2D eigenvalue weighted by Gasteiger charge is -2.04. The Hall–Kier alpha value is -1.71. The molecule has 0 aliphatic carbocycles. The molecular formula is C8H9NO3. The Labute approximate surface area is 69.6 Å². The van der Waals surface area contributed by atoms with Gasteiger partial charge in [0.2, 0.25) is 0 Å². The van der Waals surface area contributed by atoms with Crippen LogP contribution in [0, 0.1) is 0 Å². The second-order valence-corrected chi connectivity index (χ2v) is 2.25. The van der Waals surface area contributed by atoms with Crippen LogP contribution in [-0.2, 0) is 0 Å². The van der Waals surface area contributed by atoms with Crippen LogP contribution in [0.5, 0.6) is 11.5 Å². The van der Waals surface area contributed by atoms with Gasteiger partial charge in [-0.3, -0.25) is 4.79 Å². The van der Waals surface area contributed by atoms with Crippen molar-refractivity contribution in [3.8, 4) is 11.5 Å². The maximum atomic E-state index is 10.8. The number of phenols is 1. The van der Waals surface area contributed by atoms with Gasteiger partial charge < -0.3 is 15.6 Å². The van der Waals surface area contributed by atoms with E-state index < -0.39 is 5.91 Å². The van der Waals surface area contributed by atoms with E-state index >= 15 is 0 Å². The summed E-state index contributed by atoms with van der Waals surface area (Å²) in [5.41, 5.74) is 5.21. The van der Waals surface area contributed by atoms with Crippen LogP contribution in [0.2, 0.25) is 0 Å². The predicted molar refractivity (Wildman–Crippen MR) is 43.2 cm³/mol. The monoisotopic (exact) mass is 167 g/mol. The van der Waals surface area contributed by atoms with Gasteiger partial charge in [-0.1, -0.05) is 0 Å². The number of hydrogen-bond donors (Lipinski definition) is 2. The molecule has 3 N–H and O–H groups in total. The van der Waals surface area contributed by atoms with Crippen LogP contribution in [0.3, 0.4) is 0 Å². The lowest BCUT2D eigenvalue weighted by molar-refractivity contribution is 0.0997. The average molecular weight is 167 g/mol. The van der Waals surface area contributed by atoms with E-state index in [0.717, 1.165) is 0 Å². The molecule has 0 atom stereocenters. The first-order chi connectivity index (χ1) is 5.65. The molecule has 0 saturated heterocycles. The van der Waals surface area contributed by atoms with E-state index in [2.05, 4.69) is 0 Å². The van der Waals surface area contributed by atoms with Crippen molar-refractivity contribution in [1.82, 2.24) is 0 Å². The minimum absolute atomic E-state index is 0.00963. The molecule has 0 aliphatic rings. The van der Waals surface area contributed by atoms with Crippen LogP contribution in [0.4, 0.5) is 0 Å². The molecule has 0 unspecified atom stereocenters. The fourth-order valence-corrected chi connectivity index (χ4v) is 0.889. The summed E-state index contributed by atoms with van der Waals surface area (Å²) in [7, 11) is 1.43. The first kappa shape index (κ1) is 8.39. The summed E-state index contributed by atoms with van der Waals surface area (Å²) in [6.07, 6.45) is 0. The first-order valence-corrected chi connectivity index (χ1v) is 3.32. The zero-order valence-electron chi connectivity index (χ0n) is 6.57. The Morgan fingerprint density at radius 3 is 2.75 bits per heavy atom. The Balaban J connectivity index is 3.21. The minimum Gasteiger partial charge on any atom is -0.508 e. The summed E-state index contributed by atoms with van der Waals surface area (Å²) in [5.74, 6) is -0.271. The topological polar surface area (TPSA) is 72.6 Å². The van der Waals surface area contributed by atoms with Gasteiger partial charge in [0.05, 0.1) is 12.7 Å². The summed E-state index contributed by atoms with van der Waals surface area (Å²) in [5, 5.41) is 9.02. The number of primary amides is 1. The highest BCUT2D eigenvalue weighted by atomic mass is 16.5. The molecule has 12 heavy (non-hydrogen) atoms. The molecule has 1 rings (SSSR count). The summed E-state index contributed by atoms with van der Waals surface area (Å²) < 4.78 is 4.85. The van der Waals surface area contributed by atoms with Gasteiger partial charge >= 0.3 is 0 Å². The van der Waals surface area contributed by atoms with Crippen molar-refractivity contribution in [2.45, 2.75) is 0 Å². The molecule has 4 nitrogen and oxygen atoms in total. The van der Waals surface area contributed by atoms with Crippen molar-refractivity contribution in [2.24, 2.45) is 5.73 Å². The van der Waals surface area contributed by atoms with Gasteiger partial charge in [0.1, 0.15) is 11.5 Å². The maximum Gasteiger partial charge on any atom is 0.252 e. The zero-order chi connectivity index (χ0) is 9.14. The van der Waals surface area contributed by atoms with Crippen LogP contribution in [0.25, 0.3) is 0 Å². The highest BCUT2D eigenvalue weighted by Crippen LogP contribution is 2.22. The van der Waals surface area contributed by atoms with Gasteiger partial charge in [-0.2, -0.15) is 0 Å². The van der Waals surface area contributed by atoms with Crippen LogP contribution >= 0.6 is 0 Å². The molecule has 0 saturated carbocycles. The second-order valence-electron chi connectivity index (χ2n) is 2.25. The van der Waals surface area contributed by atoms with E-state index in [0.29, 0.717) is 5.75 Å². The Bertz CT molecular complexity index is 309. The summed E-state index contributed by atoms with van der Waals surface area (Å²) in [4.78, 5) is 10.8. The first-order valence-electron chi connectivity index (χ1n) is 3.32. The van der Waals surface area contributed by atoms with Gasteiger partial charge in [-0.05, 0) is 18.2 Å². The number of methoxy groups -OCH3 is 1. The minimum atomic E-state index is -0.622. The van der Waals surface area contributed by atoms with E-state index in [4.69, 9.17) is 15.6 Å². The average Bonchev–Trinajstić information content (AvgIpc) is 2.04. The summed E-state index contributed by atoms with van der Waals surface area (Å²) >= 11 is 0. The number of amides is 1. The predicted octanol–water partition coefficient (Wildman–Crippen LogP) is 0.500. The van der Waals surface area contributed by atoms with E-state index in [-0.39, 0.29) is 11.3 Å². The second kappa shape index (κ2) is 3.13. The van der Waals surface area contributed by atoms with Crippen LogP contribution in [0.1, 0.15) is 10.4 Å². The largest absolute Gasteiger partial charge is 0.508 e. The standard InChI is InChI=1S/C8H9NO3/c1-12-7-3-2-5(10)4-6(7)8(9)11/h2-4,10H,1H3,(H2,9,11). The van der Waals surface area contributed by atoms with Gasteiger partial charge in [0, 0.05) is 0 Å². The molecular weight excluding hydrogens is 158 g/mol. The van der Waals surface area contributed by atoms with Crippen molar-refractivity contribution >= 4 is 5.91 Å². The molecule has 0 radical (unpaired) electrons. The molecule has 1 aromatic carbocycles. The molecule has 0 fully saturated rings. The van der Waals surface area contributed by atoms with Gasteiger partial charge in [0.25, 0.3) is 5.91 Å². The van der Waals surface area contributed by atoms with Crippen molar-refractivity contribution < 1.29 is 14.6 Å². The number of nitrogens with two attached hydrogens (primary N) is 1. The Morgan fingerprint density at radius 2 is 2.25 bits per heavy atom. The molecule has 1 amide bonds. The van der Waals surface area contributed by atoms with Crippen molar-refractivity contribution in [3.63, 3.8) is 0 Å². The van der Waals surface area contributed by atoms with Gasteiger partial charge in [-0.15, -0.1) is 0 Å². The van der Waals surface area contributed by atoms with Gasteiger partial charge in [0.15, 0.2) is 0 Å². The molecule has 0 aromatic heterocycles. The number of benzene rings is 1. The fourth-order valence-electron chi connectivity index (χ4n) is 0.889. The molecule has 0 bridgehead atoms. The van der Waals surface area contributed by atoms with E-state index in [9.17, 15) is 4.79 Å². The highest BCUT2D eigenvalue weighted by Gasteiger charge is 2.08. The number of carbonyl (C=O) groups is 1. The summed E-state index contributed by atoms with van der Waals surface area (Å²) in [6, 6.07) is 4.17. The number of carbonyl (C=O) groups excluding carboxylic acids is 1. The van der Waals surface area contributed by atoms with Crippen LogP contribution in [0.15, 0.2) is 18.2 Å². The molecule has 0 heterocycles. The number of phenolic OH excluding ortho intramolecular Hbond substituents is 1. The smallest absolute Gasteiger partial charge is 0.252 e. The quantitative estimate of drug-likeness (QED) is 0.673. The Morgan fingerprint density at radius 1 is 1.58 bits per heavy atom. The molecule has 0 aliphatic heterocycles. The number of aromatic hydroxyl groups is 1. The molecule has 64 valence electrons. The van der Waals surface area contributed by atoms with Crippen molar-refractivity contribution in [2.75, 3.05) is 7.11 Å². The van der Waals surface area contributed by atoms with Crippen LogP contribution in [-0.4, -0.2) is 18.1 Å². The zero-order valence-corrected chi connectivity index (χ0v) is 6.57. The lowest BCUT2D eigenvalue weighted by Crippen LogP contribution is -2.12. The fraction of sp³-hybridized carbons (Fsp3) is 0.125. The third-order valence-electron chi connectivity index (χ3n) is 1.45. The van der Waals surface area contributed by atoms with Crippen LogP contribution < -0.4 is 10.5 Å². The lowest BCUT2D eigenvalue weighted by atomic mass is 10.2. The Kier molecular flexibility index (Phi) is 2.19. The SMILES string of the molecule is COc1ccc(O)cc1C(N)=O. The van der Waals surface area contributed by atoms with E-state index in [1.165, 1.54) is 25.3 Å². The maximum absolute atomic E-state index is 10.8.